The fourth-order valence-corrected chi connectivity index (χ4v) is 4.83. The zero-order chi connectivity index (χ0) is 14.6. The number of thiophene rings is 1. The molecule has 1 N–H and O–H groups in total. The van der Waals surface area contributed by atoms with Crippen molar-refractivity contribution in [2.24, 2.45) is 0 Å². The minimum atomic E-state index is -3.50. The molecule has 0 aliphatic carbocycles. The van der Waals surface area contributed by atoms with Crippen LogP contribution < -0.4 is 0 Å². The first-order valence-corrected chi connectivity index (χ1v) is 8.56. The monoisotopic (exact) mass is 316 g/mol. The van der Waals surface area contributed by atoms with Crippen LogP contribution in [0.5, 0.6) is 0 Å². The van der Waals surface area contributed by atoms with Crippen LogP contribution in [0, 0.1) is 11.3 Å². The molecule has 0 bridgehead atoms. The lowest BCUT2D eigenvalue weighted by atomic mass is 10.1. The Kier molecular flexibility index (Phi) is 5.12. The quantitative estimate of drug-likeness (QED) is 0.867. The summed E-state index contributed by atoms with van der Waals surface area (Å²) in [7, 11) is -3.50. The van der Waals surface area contributed by atoms with Crippen LogP contribution in [0.3, 0.4) is 0 Å². The maximum Gasteiger partial charge on any atom is 0.252 e. The lowest BCUT2D eigenvalue weighted by Gasteiger charge is -2.30. The predicted octanol–water partition coefficient (Wildman–Crippen LogP) is 0.782. The fourth-order valence-electron chi connectivity index (χ4n) is 2.10. The highest BCUT2D eigenvalue weighted by molar-refractivity contribution is 7.91. The van der Waals surface area contributed by atoms with Gasteiger partial charge in [0.05, 0.1) is 19.3 Å². The van der Waals surface area contributed by atoms with Crippen molar-refractivity contribution in [3.05, 3.63) is 17.0 Å². The van der Waals surface area contributed by atoms with Crippen LogP contribution in [0.25, 0.3) is 0 Å². The van der Waals surface area contributed by atoms with Crippen molar-refractivity contribution in [2.45, 2.75) is 23.2 Å². The van der Waals surface area contributed by atoms with Gasteiger partial charge in [0.15, 0.2) is 0 Å². The first-order chi connectivity index (χ1) is 9.57. The van der Waals surface area contributed by atoms with E-state index in [9.17, 15) is 8.42 Å². The summed E-state index contributed by atoms with van der Waals surface area (Å²) in [5.41, 5.74) is 0. The topological polar surface area (TPSA) is 90.6 Å². The zero-order valence-corrected chi connectivity index (χ0v) is 12.5. The number of hydrogen-bond acceptors (Lipinski definition) is 6. The summed E-state index contributed by atoms with van der Waals surface area (Å²) in [6.07, 6.45) is 1.25. The molecule has 6 nitrogen and oxygen atoms in total. The van der Waals surface area contributed by atoms with E-state index in [1.165, 1.54) is 16.4 Å². The predicted molar refractivity (Wildman–Crippen MR) is 73.9 cm³/mol. The van der Waals surface area contributed by atoms with E-state index in [-0.39, 0.29) is 23.5 Å². The minimum absolute atomic E-state index is 0.00612. The summed E-state index contributed by atoms with van der Waals surface area (Å²) in [5.74, 6) is 0. The molecule has 1 aliphatic heterocycles. The van der Waals surface area contributed by atoms with Crippen LogP contribution in [0.1, 0.15) is 17.7 Å². The number of nitrogens with zero attached hydrogens (tertiary/aromatic N) is 2. The van der Waals surface area contributed by atoms with E-state index in [1.807, 2.05) is 6.07 Å². The van der Waals surface area contributed by atoms with E-state index in [1.54, 1.807) is 0 Å². The Morgan fingerprint density at radius 1 is 1.45 bits per heavy atom. The van der Waals surface area contributed by atoms with Crippen molar-refractivity contribution in [1.29, 1.82) is 5.26 Å². The third-order valence-electron chi connectivity index (χ3n) is 3.13. The van der Waals surface area contributed by atoms with Gasteiger partial charge >= 0.3 is 0 Å². The summed E-state index contributed by atoms with van der Waals surface area (Å²) in [6.45, 7) is 1.06. The van der Waals surface area contributed by atoms with E-state index >= 15 is 0 Å². The molecule has 2 rings (SSSR count). The molecule has 0 aromatic carbocycles. The molecule has 1 saturated heterocycles. The Bertz CT molecular complexity index is 583. The number of ether oxygens (including phenoxy) is 1. The Hall–Kier alpha value is -0.980. The molecule has 1 aromatic heterocycles. The highest BCUT2D eigenvalue weighted by Crippen LogP contribution is 2.27. The molecule has 0 atom stereocenters. The average Bonchev–Trinajstić information content (AvgIpc) is 2.95. The summed E-state index contributed by atoms with van der Waals surface area (Å²) in [4.78, 5) is 0.393. The number of aliphatic hydroxyl groups excluding tert-OH is 1. The van der Waals surface area contributed by atoms with Gasteiger partial charge in [-0.1, -0.05) is 0 Å². The number of nitriles is 1. The van der Waals surface area contributed by atoms with E-state index < -0.39 is 10.0 Å². The number of piperidine rings is 1. The maximum atomic E-state index is 12.4. The van der Waals surface area contributed by atoms with E-state index in [4.69, 9.17) is 15.1 Å². The van der Waals surface area contributed by atoms with Crippen LogP contribution in [0.4, 0.5) is 0 Å². The average molecular weight is 316 g/mol. The SMILES string of the molecule is N#Cc1ccc(S(=O)(=O)N2CCC(OCCO)CC2)s1. The molecule has 0 saturated carbocycles. The fraction of sp³-hybridized carbons (Fsp3) is 0.583. The second kappa shape index (κ2) is 6.65. The zero-order valence-electron chi connectivity index (χ0n) is 10.9. The largest absolute Gasteiger partial charge is 0.394 e. The lowest BCUT2D eigenvalue weighted by molar-refractivity contribution is 0.00320. The smallest absolute Gasteiger partial charge is 0.252 e. The van der Waals surface area contributed by atoms with Crippen LogP contribution in [-0.2, 0) is 14.8 Å². The molecule has 2 heterocycles. The van der Waals surface area contributed by atoms with E-state index in [0.29, 0.717) is 30.8 Å². The van der Waals surface area contributed by atoms with Gasteiger partial charge in [-0.3, -0.25) is 0 Å². The van der Waals surface area contributed by atoms with Crippen LogP contribution >= 0.6 is 11.3 Å². The van der Waals surface area contributed by atoms with Gasteiger partial charge < -0.3 is 9.84 Å². The van der Waals surface area contributed by atoms with Gasteiger partial charge in [-0.05, 0) is 25.0 Å². The second-order valence-corrected chi connectivity index (χ2v) is 7.68. The standard InChI is InChI=1S/C12H16N2O4S2/c13-9-11-1-2-12(19-11)20(16,17)14-5-3-10(4-6-14)18-8-7-15/h1-2,10,15H,3-8H2. The Morgan fingerprint density at radius 3 is 2.70 bits per heavy atom. The summed E-state index contributed by atoms with van der Waals surface area (Å²) >= 11 is 0.993. The van der Waals surface area contributed by atoms with E-state index in [0.717, 1.165) is 11.3 Å². The summed E-state index contributed by atoms with van der Waals surface area (Å²) in [6, 6.07) is 4.95. The van der Waals surface area contributed by atoms with Crippen molar-refractivity contribution >= 4 is 21.4 Å². The minimum Gasteiger partial charge on any atom is -0.394 e. The third-order valence-corrected chi connectivity index (χ3v) is 6.49. The van der Waals surface area contributed by atoms with Gasteiger partial charge in [0.1, 0.15) is 15.2 Å². The van der Waals surface area contributed by atoms with Crippen LogP contribution in [-0.4, -0.2) is 50.2 Å². The highest BCUT2D eigenvalue weighted by Gasteiger charge is 2.30. The number of sulfonamides is 1. The van der Waals surface area contributed by atoms with Crippen LogP contribution in [0.2, 0.25) is 0 Å². The van der Waals surface area contributed by atoms with Gasteiger partial charge in [-0.15, -0.1) is 11.3 Å². The second-order valence-electron chi connectivity index (χ2n) is 4.43. The van der Waals surface area contributed by atoms with Gasteiger partial charge in [-0.25, -0.2) is 8.42 Å². The third kappa shape index (κ3) is 3.37. The van der Waals surface area contributed by atoms with Crippen molar-refractivity contribution in [3.8, 4) is 6.07 Å². The summed E-state index contributed by atoms with van der Waals surface area (Å²) in [5, 5.41) is 17.5. The molecule has 0 amide bonds. The van der Waals surface area contributed by atoms with Gasteiger partial charge in [0, 0.05) is 13.1 Å². The molecule has 1 fully saturated rings. The first kappa shape index (κ1) is 15.4. The van der Waals surface area contributed by atoms with Gasteiger partial charge in [0.25, 0.3) is 10.0 Å². The van der Waals surface area contributed by atoms with Gasteiger partial charge in [0.2, 0.25) is 0 Å². The van der Waals surface area contributed by atoms with Gasteiger partial charge in [-0.2, -0.15) is 9.57 Å². The number of aliphatic hydroxyl groups is 1. The highest BCUT2D eigenvalue weighted by atomic mass is 32.2. The lowest BCUT2D eigenvalue weighted by Crippen LogP contribution is -2.40. The van der Waals surface area contributed by atoms with Crippen molar-refractivity contribution in [2.75, 3.05) is 26.3 Å². The Balaban J connectivity index is 2.00. The van der Waals surface area contributed by atoms with Crippen molar-refractivity contribution < 1.29 is 18.3 Å². The molecule has 0 unspecified atom stereocenters. The maximum absolute atomic E-state index is 12.4. The molecule has 1 aromatic rings. The molecule has 0 radical (unpaired) electrons. The molecule has 1 aliphatic rings. The number of hydrogen-bond donors (Lipinski definition) is 1. The molecular weight excluding hydrogens is 300 g/mol. The molecule has 20 heavy (non-hydrogen) atoms. The van der Waals surface area contributed by atoms with Crippen molar-refractivity contribution in [3.63, 3.8) is 0 Å². The summed E-state index contributed by atoms with van der Waals surface area (Å²) < 4.78 is 31.8. The molecule has 110 valence electrons. The van der Waals surface area contributed by atoms with Crippen LogP contribution in [0.15, 0.2) is 16.3 Å². The number of rotatable bonds is 5. The molecule has 8 heteroatoms. The molecule has 0 spiro atoms. The van der Waals surface area contributed by atoms with E-state index in [2.05, 4.69) is 0 Å². The Labute approximate surface area is 122 Å². The van der Waals surface area contributed by atoms with Crippen molar-refractivity contribution in [1.82, 2.24) is 4.31 Å². The Morgan fingerprint density at radius 2 is 2.15 bits per heavy atom. The molecular formula is C12H16N2O4S2. The normalized spacial score (nSPS) is 18.0. The first-order valence-electron chi connectivity index (χ1n) is 6.30.